The van der Waals surface area contributed by atoms with Gasteiger partial charge in [-0.1, -0.05) is 12.1 Å². The summed E-state index contributed by atoms with van der Waals surface area (Å²) in [6, 6.07) is 11.6. The van der Waals surface area contributed by atoms with E-state index in [1.807, 2.05) is 29.2 Å². The lowest BCUT2D eigenvalue weighted by molar-refractivity contribution is 0.0428. The molecule has 0 spiro atoms. The van der Waals surface area contributed by atoms with Crippen LogP contribution < -0.4 is 9.47 Å². The number of methoxy groups -OCH3 is 1. The number of rotatable bonds is 6. The Morgan fingerprint density at radius 3 is 2.57 bits per heavy atom. The Morgan fingerprint density at radius 1 is 1.07 bits per heavy atom. The molecule has 0 bridgehead atoms. The van der Waals surface area contributed by atoms with Gasteiger partial charge in [0.2, 0.25) is 0 Å². The average molecular weight is 414 g/mol. The molecule has 1 aromatic heterocycles. The van der Waals surface area contributed by atoms with Crippen LogP contribution in [0.3, 0.4) is 0 Å². The molecule has 2 saturated heterocycles. The van der Waals surface area contributed by atoms with E-state index in [9.17, 15) is 4.79 Å². The number of carbonyl (C=O) groups excluding carboxylic acids is 1. The molecule has 2 aromatic rings. The Bertz CT molecular complexity index is 844. The Hall–Kier alpha value is -2.51. The van der Waals surface area contributed by atoms with Crippen LogP contribution in [0.5, 0.6) is 11.5 Å². The molecule has 4 rings (SSSR count). The Morgan fingerprint density at radius 2 is 1.83 bits per heavy atom. The fraction of sp³-hybridized carbons (Fsp3) is 0.522. The third-order valence-corrected chi connectivity index (χ3v) is 6.03. The number of carbonyl (C=O) groups is 1. The maximum absolute atomic E-state index is 12.9. The molecular formula is C23H31N3O4. The zero-order valence-corrected chi connectivity index (χ0v) is 17.9. The molecule has 2 aliphatic rings. The minimum atomic E-state index is -0.0426. The maximum atomic E-state index is 12.9. The van der Waals surface area contributed by atoms with E-state index in [2.05, 4.69) is 16.8 Å². The van der Waals surface area contributed by atoms with Crippen molar-refractivity contribution in [2.24, 2.45) is 0 Å². The number of furan rings is 1. The van der Waals surface area contributed by atoms with Gasteiger partial charge in [0.15, 0.2) is 17.3 Å². The highest BCUT2D eigenvalue weighted by molar-refractivity contribution is 5.91. The van der Waals surface area contributed by atoms with Crippen LogP contribution in [0.1, 0.15) is 29.2 Å². The standard InChI is InChI=1S/C23H31N3O4/c1-24-11-5-6-18(16-24)25-12-14-26(15-13-25)23(27)22-10-9-19(30-22)17-29-21-8-4-3-7-20(21)28-2/h3-4,7-10,18H,5-6,11-17H2,1-2H3. The number of hydrogen-bond acceptors (Lipinski definition) is 6. The van der Waals surface area contributed by atoms with E-state index in [-0.39, 0.29) is 12.5 Å². The number of nitrogens with zero attached hydrogens (tertiary/aromatic N) is 3. The van der Waals surface area contributed by atoms with Gasteiger partial charge in [0, 0.05) is 38.8 Å². The summed E-state index contributed by atoms with van der Waals surface area (Å²) < 4.78 is 16.9. The number of likely N-dealkylation sites (tertiary alicyclic amines) is 1. The van der Waals surface area contributed by atoms with Gasteiger partial charge in [-0.15, -0.1) is 0 Å². The van der Waals surface area contributed by atoms with Crippen LogP contribution in [0.25, 0.3) is 0 Å². The van der Waals surface area contributed by atoms with Crippen molar-refractivity contribution < 1.29 is 18.7 Å². The largest absolute Gasteiger partial charge is 0.493 e. The van der Waals surface area contributed by atoms with Gasteiger partial charge in [-0.3, -0.25) is 9.69 Å². The lowest BCUT2D eigenvalue weighted by Gasteiger charge is -2.42. The molecule has 7 heteroatoms. The molecule has 1 unspecified atom stereocenters. The fourth-order valence-electron chi connectivity index (χ4n) is 4.34. The van der Waals surface area contributed by atoms with Crippen molar-refractivity contribution in [3.8, 4) is 11.5 Å². The summed E-state index contributed by atoms with van der Waals surface area (Å²) >= 11 is 0. The lowest BCUT2D eigenvalue weighted by atomic mass is 10.0. The molecule has 1 amide bonds. The number of likely N-dealkylation sites (N-methyl/N-ethyl adjacent to an activating group) is 1. The minimum Gasteiger partial charge on any atom is -0.493 e. The highest BCUT2D eigenvalue weighted by Crippen LogP contribution is 2.27. The van der Waals surface area contributed by atoms with Crippen molar-refractivity contribution in [3.63, 3.8) is 0 Å². The SMILES string of the molecule is COc1ccccc1OCc1ccc(C(=O)N2CCN(C3CCCN(C)C3)CC2)o1. The van der Waals surface area contributed by atoms with Crippen molar-refractivity contribution in [2.45, 2.75) is 25.5 Å². The molecule has 2 aliphatic heterocycles. The molecule has 0 aliphatic carbocycles. The first-order valence-electron chi connectivity index (χ1n) is 10.7. The molecule has 0 saturated carbocycles. The molecular weight excluding hydrogens is 382 g/mol. The van der Waals surface area contributed by atoms with Gasteiger partial charge >= 0.3 is 0 Å². The lowest BCUT2D eigenvalue weighted by Crippen LogP contribution is -2.55. The summed E-state index contributed by atoms with van der Waals surface area (Å²) in [5.41, 5.74) is 0. The highest BCUT2D eigenvalue weighted by atomic mass is 16.5. The van der Waals surface area contributed by atoms with Crippen LogP contribution >= 0.6 is 0 Å². The van der Waals surface area contributed by atoms with Gasteiger partial charge in [-0.25, -0.2) is 0 Å². The van der Waals surface area contributed by atoms with Gasteiger partial charge in [-0.2, -0.15) is 0 Å². The Kier molecular flexibility index (Phi) is 6.59. The first-order valence-corrected chi connectivity index (χ1v) is 10.7. The van der Waals surface area contributed by atoms with Gasteiger partial charge in [-0.05, 0) is 50.7 Å². The van der Waals surface area contributed by atoms with E-state index in [0.717, 1.165) is 32.7 Å². The van der Waals surface area contributed by atoms with E-state index in [1.54, 1.807) is 19.2 Å². The number of ether oxygens (including phenoxy) is 2. The van der Waals surface area contributed by atoms with Crippen molar-refractivity contribution >= 4 is 5.91 Å². The van der Waals surface area contributed by atoms with E-state index in [1.165, 1.54) is 19.4 Å². The number of benzene rings is 1. The minimum absolute atomic E-state index is 0.0426. The number of amides is 1. The van der Waals surface area contributed by atoms with Crippen LogP contribution in [0.2, 0.25) is 0 Å². The monoisotopic (exact) mass is 413 g/mol. The topological polar surface area (TPSA) is 58.4 Å². The summed E-state index contributed by atoms with van der Waals surface area (Å²) in [7, 11) is 3.80. The molecule has 1 aromatic carbocycles. The zero-order chi connectivity index (χ0) is 20.9. The van der Waals surface area contributed by atoms with E-state index in [0.29, 0.717) is 29.1 Å². The second-order valence-corrected chi connectivity index (χ2v) is 8.09. The van der Waals surface area contributed by atoms with E-state index < -0.39 is 0 Å². The van der Waals surface area contributed by atoms with Crippen LogP contribution in [0, 0.1) is 0 Å². The first-order chi connectivity index (χ1) is 14.6. The molecule has 30 heavy (non-hydrogen) atoms. The highest BCUT2D eigenvalue weighted by Gasteiger charge is 2.29. The van der Waals surface area contributed by atoms with Gasteiger partial charge in [0.1, 0.15) is 12.4 Å². The van der Waals surface area contributed by atoms with Crippen LogP contribution in [0.15, 0.2) is 40.8 Å². The number of piperidine rings is 1. The summed E-state index contributed by atoms with van der Waals surface area (Å²) in [6.45, 7) is 5.90. The third-order valence-electron chi connectivity index (χ3n) is 6.03. The molecule has 3 heterocycles. The van der Waals surface area contributed by atoms with Crippen molar-refractivity contribution in [3.05, 3.63) is 47.9 Å². The molecule has 2 fully saturated rings. The summed E-state index contributed by atoms with van der Waals surface area (Å²) in [6.07, 6.45) is 2.51. The van der Waals surface area contributed by atoms with Crippen LogP contribution in [-0.4, -0.2) is 80.1 Å². The average Bonchev–Trinajstić information content (AvgIpc) is 3.26. The van der Waals surface area contributed by atoms with Crippen molar-refractivity contribution in [1.82, 2.24) is 14.7 Å². The summed E-state index contributed by atoms with van der Waals surface area (Å²) in [5.74, 6) is 2.27. The third kappa shape index (κ3) is 4.79. The zero-order valence-electron chi connectivity index (χ0n) is 17.9. The predicted octanol–water partition coefficient (Wildman–Crippen LogP) is 2.72. The van der Waals surface area contributed by atoms with E-state index >= 15 is 0 Å². The second kappa shape index (κ2) is 9.53. The first kappa shape index (κ1) is 20.8. The normalized spacial score (nSPS) is 20.9. The van der Waals surface area contributed by atoms with Gasteiger partial charge in [0.25, 0.3) is 5.91 Å². The Balaban J connectivity index is 1.29. The second-order valence-electron chi connectivity index (χ2n) is 8.09. The molecule has 1 atom stereocenters. The van der Waals surface area contributed by atoms with Gasteiger partial charge in [0.05, 0.1) is 7.11 Å². The molecule has 162 valence electrons. The number of para-hydroxylation sites is 2. The number of piperazine rings is 1. The number of hydrogen-bond donors (Lipinski definition) is 0. The van der Waals surface area contributed by atoms with Crippen LogP contribution in [0.4, 0.5) is 0 Å². The Labute approximate surface area is 178 Å². The predicted molar refractivity (Wildman–Crippen MR) is 114 cm³/mol. The maximum Gasteiger partial charge on any atom is 0.289 e. The van der Waals surface area contributed by atoms with Gasteiger partial charge < -0.3 is 23.7 Å². The summed E-state index contributed by atoms with van der Waals surface area (Å²) in [5, 5.41) is 0. The van der Waals surface area contributed by atoms with Crippen molar-refractivity contribution in [1.29, 1.82) is 0 Å². The molecule has 0 N–H and O–H groups in total. The van der Waals surface area contributed by atoms with E-state index in [4.69, 9.17) is 13.9 Å². The fourth-order valence-corrected chi connectivity index (χ4v) is 4.34. The quantitative estimate of drug-likeness (QED) is 0.726. The van der Waals surface area contributed by atoms with Crippen molar-refractivity contribution in [2.75, 3.05) is 53.4 Å². The summed E-state index contributed by atoms with van der Waals surface area (Å²) in [4.78, 5) is 19.7. The molecule has 0 radical (unpaired) electrons. The van der Waals surface area contributed by atoms with Crippen LogP contribution in [-0.2, 0) is 6.61 Å². The molecule has 7 nitrogen and oxygen atoms in total. The smallest absolute Gasteiger partial charge is 0.289 e.